The van der Waals surface area contributed by atoms with Gasteiger partial charge in [0, 0.05) is 16.8 Å². The van der Waals surface area contributed by atoms with Gasteiger partial charge in [0.1, 0.15) is 11.5 Å². The van der Waals surface area contributed by atoms with Gasteiger partial charge in [0.25, 0.3) is 0 Å². The second-order valence-corrected chi connectivity index (χ2v) is 7.54. The molecule has 0 aliphatic heterocycles. The summed E-state index contributed by atoms with van der Waals surface area (Å²) in [5, 5.41) is 10.5. The number of nitrogens with zero attached hydrogens (tertiary/aromatic N) is 2. The molecule has 2 N–H and O–H groups in total. The normalized spacial score (nSPS) is 11.7. The number of rotatable bonds is 7. The molecule has 0 aliphatic rings. The van der Waals surface area contributed by atoms with Crippen molar-refractivity contribution in [3.05, 3.63) is 47.5 Å². The molecule has 28 heavy (non-hydrogen) atoms. The Morgan fingerprint density at radius 3 is 2.79 bits per heavy atom. The second kappa shape index (κ2) is 8.99. The van der Waals surface area contributed by atoms with E-state index in [-0.39, 0.29) is 5.91 Å². The highest BCUT2D eigenvalue weighted by Crippen LogP contribution is 2.31. The third-order valence-corrected chi connectivity index (χ3v) is 5.07. The molecular formula is C19H19ClN4O3S. The number of ether oxygens (including phenoxy) is 2. The smallest absolute Gasteiger partial charge is 0.237 e. The number of hydrogen-bond donors (Lipinski definition) is 2. The number of aromatic nitrogens is 3. The SMILES string of the molecule is COc1cccc(NC(=O)[C@H](C)Sc2n[nH]c(-c3cc(Cl)ccc3OC)n2)c1. The lowest BCUT2D eigenvalue weighted by Crippen LogP contribution is -2.22. The van der Waals surface area contributed by atoms with Crippen molar-refractivity contribution in [1.82, 2.24) is 15.2 Å². The predicted octanol–water partition coefficient (Wildman–Crippen LogP) is 4.26. The van der Waals surface area contributed by atoms with Gasteiger partial charge in [-0.1, -0.05) is 29.4 Å². The fourth-order valence-corrected chi connectivity index (χ4v) is 3.34. The maximum absolute atomic E-state index is 12.5. The zero-order chi connectivity index (χ0) is 20.1. The van der Waals surface area contributed by atoms with E-state index in [0.29, 0.717) is 38.8 Å². The molecule has 3 aromatic rings. The quantitative estimate of drug-likeness (QED) is 0.557. The molecule has 1 amide bonds. The van der Waals surface area contributed by atoms with Crippen LogP contribution >= 0.6 is 23.4 Å². The summed E-state index contributed by atoms with van der Waals surface area (Å²) in [6.07, 6.45) is 0. The van der Waals surface area contributed by atoms with Crippen LogP contribution in [0.2, 0.25) is 5.02 Å². The molecule has 9 heteroatoms. The van der Waals surface area contributed by atoms with E-state index >= 15 is 0 Å². The molecule has 0 saturated heterocycles. The molecule has 0 fully saturated rings. The van der Waals surface area contributed by atoms with Crippen LogP contribution in [-0.4, -0.2) is 40.6 Å². The first-order chi connectivity index (χ1) is 13.5. The van der Waals surface area contributed by atoms with Crippen LogP contribution in [0.3, 0.4) is 0 Å². The first-order valence-electron chi connectivity index (χ1n) is 8.38. The fourth-order valence-electron chi connectivity index (χ4n) is 2.44. The average Bonchev–Trinajstić information content (AvgIpc) is 3.16. The lowest BCUT2D eigenvalue weighted by atomic mass is 10.2. The van der Waals surface area contributed by atoms with E-state index in [1.807, 2.05) is 12.1 Å². The van der Waals surface area contributed by atoms with Crippen molar-refractivity contribution in [1.29, 1.82) is 0 Å². The van der Waals surface area contributed by atoms with Gasteiger partial charge >= 0.3 is 0 Å². The van der Waals surface area contributed by atoms with E-state index in [1.165, 1.54) is 11.8 Å². The van der Waals surface area contributed by atoms with Gasteiger partial charge in [-0.25, -0.2) is 4.98 Å². The van der Waals surface area contributed by atoms with Crippen LogP contribution in [0.1, 0.15) is 6.92 Å². The summed E-state index contributed by atoms with van der Waals surface area (Å²) in [4.78, 5) is 16.9. The minimum atomic E-state index is -0.406. The molecule has 2 aromatic carbocycles. The molecule has 0 radical (unpaired) electrons. The van der Waals surface area contributed by atoms with Crippen LogP contribution in [0.4, 0.5) is 5.69 Å². The van der Waals surface area contributed by atoms with Crippen LogP contribution in [0.5, 0.6) is 11.5 Å². The summed E-state index contributed by atoms with van der Waals surface area (Å²) in [6, 6.07) is 12.4. The number of benzene rings is 2. The highest BCUT2D eigenvalue weighted by molar-refractivity contribution is 8.00. The number of anilines is 1. The highest BCUT2D eigenvalue weighted by atomic mass is 35.5. The third kappa shape index (κ3) is 4.76. The maximum atomic E-state index is 12.5. The lowest BCUT2D eigenvalue weighted by Gasteiger charge is -2.11. The molecule has 1 aromatic heterocycles. The van der Waals surface area contributed by atoms with Crippen LogP contribution in [0.15, 0.2) is 47.6 Å². The Kier molecular flexibility index (Phi) is 6.43. The number of carbonyl (C=O) groups is 1. The van der Waals surface area contributed by atoms with Gasteiger partial charge in [-0.2, -0.15) is 0 Å². The van der Waals surface area contributed by atoms with E-state index in [2.05, 4.69) is 20.5 Å². The van der Waals surface area contributed by atoms with Gasteiger partial charge in [0.15, 0.2) is 5.82 Å². The molecule has 0 saturated carbocycles. The Hall–Kier alpha value is -2.71. The van der Waals surface area contributed by atoms with Crippen LogP contribution in [0, 0.1) is 0 Å². The van der Waals surface area contributed by atoms with Crippen molar-refractivity contribution in [3.63, 3.8) is 0 Å². The van der Waals surface area contributed by atoms with Crippen LogP contribution in [-0.2, 0) is 4.79 Å². The zero-order valence-corrected chi connectivity index (χ0v) is 17.1. The third-order valence-electron chi connectivity index (χ3n) is 3.87. The van der Waals surface area contributed by atoms with Crippen LogP contribution in [0.25, 0.3) is 11.4 Å². The topological polar surface area (TPSA) is 89.1 Å². The molecule has 0 bridgehead atoms. The van der Waals surface area contributed by atoms with Gasteiger partial charge < -0.3 is 14.8 Å². The minimum Gasteiger partial charge on any atom is -0.497 e. The summed E-state index contributed by atoms with van der Waals surface area (Å²) in [6.45, 7) is 1.79. The molecule has 0 unspecified atom stereocenters. The van der Waals surface area contributed by atoms with Crippen molar-refractivity contribution in [2.24, 2.45) is 0 Å². The summed E-state index contributed by atoms with van der Waals surface area (Å²) in [5.74, 6) is 1.65. The van der Waals surface area contributed by atoms with E-state index in [9.17, 15) is 4.79 Å². The number of amides is 1. The largest absolute Gasteiger partial charge is 0.497 e. The minimum absolute atomic E-state index is 0.162. The van der Waals surface area contributed by atoms with E-state index in [0.717, 1.165) is 0 Å². The van der Waals surface area contributed by atoms with Crippen molar-refractivity contribution in [2.75, 3.05) is 19.5 Å². The van der Waals surface area contributed by atoms with Gasteiger partial charge in [0.05, 0.1) is 25.0 Å². The molecule has 7 nitrogen and oxygen atoms in total. The maximum Gasteiger partial charge on any atom is 0.237 e. The Bertz CT molecular complexity index is 979. The van der Waals surface area contributed by atoms with Gasteiger partial charge in [-0.15, -0.1) is 5.10 Å². The predicted molar refractivity (Wildman–Crippen MR) is 110 cm³/mol. The molecular weight excluding hydrogens is 400 g/mol. The zero-order valence-electron chi connectivity index (χ0n) is 15.5. The Labute approximate surface area is 171 Å². The molecule has 0 spiro atoms. The Morgan fingerprint density at radius 2 is 2.04 bits per heavy atom. The number of thioether (sulfide) groups is 1. The number of nitrogens with one attached hydrogen (secondary N) is 2. The summed E-state index contributed by atoms with van der Waals surface area (Å²) < 4.78 is 10.5. The van der Waals surface area contributed by atoms with E-state index < -0.39 is 5.25 Å². The molecule has 3 rings (SSSR count). The number of halogens is 1. The molecule has 1 atom stereocenters. The van der Waals surface area contributed by atoms with Gasteiger partial charge in [-0.3, -0.25) is 9.89 Å². The van der Waals surface area contributed by atoms with E-state index in [4.69, 9.17) is 21.1 Å². The van der Waals surface area contributed by atoms with Crippen molar-refractivity contribution in [3.8, 4) is 22.9 Å². The van der Waals surface area contributed by atoms with Crippen molar-refractivity contribution in [2.45, 2.75) is 17.3 Å². The second-order valence-electron chi connectivity index (χ2n) is 5.79. The number of aromatic amines is 1. The van der Waals surface area contributed by atoms with Crippen LogP contribution < -0.4 is 14.8 Å². The summed E-state index contributed by atoms with van der Waals surface area (Å²) in [7, 11) is 3.15. The summed E-state index contributed by atoms with van der Waals surface area (Å²) in [5.41, 5.74) is 1.36. The average molecular weight is 419 g/mol. The number of methoxy groups -OCH3 is 2. The first-order valence-corrected chi connectivity index (χ1v) is 9.64. The Morgan fingerprint density at radius 1 is 1.21 bits per heavy atom. The highest BCUT2D eigenvalue weighted by Gasteiger charge is 2.19. The number of hydrogen-bond acceptors (Lipinski definition) is 6. The molecule has 146 valence electrons. The Balaban J connectivity index is 1.69. The van der Waals surface area contributed by atoms with Gasteiger partial charge in [0.2, 0.25) is 11.1 Å². The molecule has 0 aliphatic carbocycles. The van der Waals surface area contributed by atoms with Crippen molar-refractivity contribution < 1.29 is 14.3 Å². The van der Waals surface area contributed by atoms with Crippen molar-refractivity contribution >= 4 is 35.0 Å². The molecule has 1 heterocycles. The fraction of sp³-hybridized carbons (Fsp3) is 0.211. The van der Waals surface area contributed by atoms with Gasteiger partial charge in [-0.05, 0) is 37.3 Å². The standard InChI is InChI=1S/C19H19ClN4O3S/c1-11(18(25)21-13-5-4-6-14(10-13)26-2)28-19-22-17(23-24-19)15-9-12(20)7-8-16(15)27-3/h4-11H,1-3H3,(H,21,25)(H,22,23,24)/t11-/m0/s1. The number of H-pyrrole nitrogens is 1. The first kappa shape index (κ1) is 20.0. The monoisotopic (exact) mass is 418 g/mol. The number of carbonyl (C=O) groups excluding carboxylic acids is 1. The lowest BCUT2D eigenvalue weighted by molar-refractivity contribution is -0.115. The van der Waals surface area contributed by atoms with E-state index in [1.54, 1.807) is 51.5 Å². The summed E-state index contributed by atoms with van der Waals surface area (Å²) >= 11 is 7.31.